The van der Waals surface area contributed by atoms with Crippen LogP contribution in [0.15, 0.2) is 4.90 Å². The largest absolute Gasteiger partial charge is 0.350 e. The molecule has 2 fully saturated rings. The molecule has 3 rings (SSSR count). The molecule has 0 atom stereocenters. The van der Waals surface area contributed by atoms with Crippen LogP contribution in [0.1, 0.15) is 54.2 Å². The standard InChI is InChI=1S/C12H16ClN3O3S/c13-20(18,19)11-9(8-4-5-8)15-16-10(11)12(17)14-6-7-2-1-3-7/h7-8H,1-6H2,(H,14,17)(H,15,16). The summed E-state index contributed by atoms with van der Waals surface area (Å²) in [5.74, 6) is 0.148. The molecule has 2 N–H and O–H groups in total. The molecule has 110 valence electrons. The van der Waals surface area contributed by atoms with Crippen molar-refractivity contribution in [3.8, 4) is 0 Å². The number of rotatable bonds is 5. The summed E-state index contributed by atoms with van der Waals surface area (Å²) in [5, 5.41) is 9.27. The summed E-state index contributed by atoms with van der Waals surface area (Å²) in [6.07, 6.45) is 5.19. The van der Waals surface area contributed by atoms with Gasteiger partial charge in [-0.25, -0.2) is 8.42 Å². The number of aromatic amines is 1. The van der Waals surface area contributed by atoms with Gasteiger partial charge in [-0.3, -0.25) is 9.89 Å². The molecule has 1 aromatic rings. The molecule has 0 aliphatic heterocycles. The Hall–Kier alpha value is -1.08. The fraction of sp³-hybridized carbons (Fsp3) is 0.667. The van der Waals surface area contributed by atoms with Gasteiger partial charge in [0, 0.05) is 23.1 Å². The molecule has 8 heteroatoms. The van der Waals surface area contributed by atoms with Gasteiger partial charge in [-0.1, -0.05) is 6.42 Å². The Morgan fingerprint density at radius 2 is 2.05 bits per heavy atom. The fourth-order valence-electron chi connectivity index (χ4n) is 2.41. The van der Waals surface area contributed by atoms with E-state index in [1.165, 1.54) is 6.42 Å². The second kappa shape index (κ2) is 5.04. The lowest BCUT2D eigenvalue weighted by atomic mass is 9.85. The zero-order valence-electron chi connectivity index (χ0n) is 10.9. The first-order valence-corrected chi connectivity index (χ1v) is 9.09. The van der Waals surface area contributed by atoms with E-state index < -0.39 is 15.0 Å². The van der Waals surface area contributed by atoms with Gasteiger partial charge in [-0.2, -0.15) is 5.10 Å². The van der Waals surface area contributed by atoms with Gasteiger partial charge in [0.2, 0.25) is 0 Å². The number of carbonyl (C=O) groups excluding carboxylic acids is 1. The third kappa shape index (κ3) is 2.69. The molecular weight excluding hydrogens is 302 g/mol. The van der Waals surface area contributed by atoms with Crippen LogP contribution in [0.5, 0.6) is 0 Å². The maximum atomic E-state index is 12.1. The third-order valence-corrected chi connectivity index (χ3v) is 5.33. The summed E-state index contributed by atoms with van der Waals surface area (Å²) < 4.78 is 23.4. The van der Waals surface area contributed by atoms with Gasteiger partial charge in [0.1, 0.15) is 4.90 Å². The van der Waals surface area contributed by atoms with Gasteiger partial charge in [0.25, 0.3) is 15.0 Å². The van der Waals surface area contributed by atoms with Crippen LogP contribution >= 0.6 is 10.7 Å². The Morgan fingerprint density at radius 3 is 2.55 bits per heavy atom. The second-order valence-electron chi connectivity index (χ2n) is 5.53. The van der Waals surface area contributed by atoms with Crippen LogP contribution in [-0.4, -0.2) is 31.1 Å². The molecule has 6 nitrogen and oxygen atoms in total. The third-order valence-electron chi connectivity index (χ3n) is 3.97. The van der Waals surface area contributed by atoms with Gasteiger partial charge in [-0.15, -0.1) is 0 Å². The average Bonchev–Trinajstić information content (AvgIpc) is 3.04. The zero-order valence-corrected chi connectivity index (χ0v) is 12.4. The Morgan fingerprint density at radius 1 is 1.35 bits per heavy atom. The molecule has 0 aromatic carbocycles. The smallest absolute Gasteiger partial charge is 0.273 e. The highest BCUT2D eigenvalue weighted by Crippen LogP contribution is 2.43. The number of carbonyl (C=O) groups is 1. The van der Waals surface area contributed by atoms with E-state index in [1.54, 1.807) is 0 Å². The maximum absolute atomic E-state index is 12.1. The van der Waals surface area contributed by atoms with Crippen molar-refractivity contribution >= 4 is 25.6 Å². The van der Waals surface area contributed by atoms with Crippen molar-refractivity contribution in [2.24, 2.45) is 5.92 Å². The minimum absolute atomic E-state index is 0.110. The van der Waals surface area contributed by atoms with Crippen LogP contribution in [0, 0.1) is 5.92 Å². The first kappa shape index (κ1) is 13.9. The van der Waals surface area contributed by atoms with Crippen molar-refractivity contribution in [2.45, 2.75) is 42.9 Å². The average molecular weight is 318 g/mol. The second-order valence-corrected chi connectivity index (χ2v) is 8.04. The Labute approximate surface area is 121 Å². The zero-order chi connectivity index (χ0) is 14.3. The highest BCUT2D eigenvalue weighted by Gasteiger charge is 2.36. The topological polar surface area (TPSA) is 91.9 Å². The number of amides is 1. The van der Waals surface area contributed by atoms with Crippen molar-refractivity contribution in [3.63, 3.8) is 0 Å². The van der Waals surface area contributed by atoms with Gasteiger partial charge < -0.3 is 5.32 Å². The molecule has 2 saturated carbocycles. The van der Waals surface area contributed by atoms with E-state index in [1.807, 2.05) is 0 Å². The summed E-state index contributed by atoms with van der Waals surface area (Å²) in [6, 6.07) is 0. The Balaban J connectivity index is 1.82. The molecule has 2 aliphatic rings. The van der Waals surface area contributed by atoms with Gasteiger partial charge in [-0.05, 0) is 31.6 Å². The van der Waals surface area contributed by atoms with Crippen molar-refractivity contribution in [2.75, 3.05) is 6.54 Å². The molecule has 2 aliphatic carbocycles. The molecular formula is C12H16ClN3O3S. The Bertz CT molecular complexity index is 632. The SMILES string of the molecule is O=C(NCC1CCC1)c1n[nH]c(C2CC2)c1S(=O)(=O)Cl. The van der Waals surface area contributed by atoms with Gasteiger partial charge >= 0.3 is 0 Å². The molecule has 0 bridgehead atoms. The molecule has 0 saturated heterocycles. The molecule has 1 amide bonds. The van der Waals surface area contributed by atoms with E-state index in [0.29, 0.717) is 18.2 Å². The van der Waals surface area contributed by atoms with Crippen molar-refractivity contribution in [1.29, 1.82) is 0 Å². The summed E-state index contributed by atoms with van der Waals surface area (Å²) >= 11 is 0. The number of nitrogens with zero attached hydrogens (tertiary/aromatic N) is 1. The van der Waals surface area contributed by atoms with E-state index in [-0.39, 0.29) is 16.5 Å². The predicted octanol–water partition coefficient (Wildman–Crippen LogP) is 1.74. The highest BCUT2D eigenvalue weighted by molar-refractivity contribution is 8.13. The minimum Gasteiger partial charge on any atom is -0.350 e. The number of hydrogen-bond acceptors (Lipinski definition) is 4. The highest BCUT2D eigenvalue weighted by atomic mass is 35.7. The number of H-pyrrole nitrogens is 1. The fourth-order valence-corrected chi connectivity index (χ4v) is 3.73. The van der Waals surface area contributed by atoms with Crippen molar-refractivity contribution < 1.29 is 13.2 Å². The summed E-state index contributed by atoms with van der Waals surface area (Å²) in [6.45, 7) is 0.562. The lowest BCUT2D eigenvalue weighted by molar-refractivity contribution is 0.0930. The number of nitrogens with one attached hydrogen (secondary N) is 2. The summed E-state index contributed by atoms with van der Waals surface area (Å²) in [7, 11) is 1.48. The van der Waals surface area contributed by atoms with E-state index in [2.05, 4.69) is 15.5 Å². The maximum Gasteiger partial charge on any atom is 0.273 e. The van der Waals surface area contributed by atoms with Crippen LogP contribution in [0.25, 0.3) is 0 Å². The van der Waals surface area contributed by atoms with E-state index in [4.69, 9.17) is 10.7 Å². The first-order chi connectivity index (χ1) is 9.47. The number of hydrogen-bond donors (Lipinski definition) is 2. The predicted molar refractivity (Wildman–Crippen MR) is 73.3 cm³/mol. The van der Waals surface area contributed by atoms with Gasteiger partial charge in [0.05, 0.1) is 5.69 Å². The monoisotopic (exact) mass is 317 g/mol. The van der Waals surface area contributed by atoms with Crippen LogP contribution in [0.2, 0.25) is 0 Å². The summed E-state index contributed by atoms with van der Waals surface area (Å²) in [4.78, 5) is 12.0. The van der Waals surface area contributed by atoms with Crippen molar-refractivity contribution in [1.82, 2.24) is 15.5 Å². The summed E-state index contributed by atoms with van der Waals surface area (Å²) in [5.41, 5.74) is 0.356. The molecule has 1 heterocycles. The molecule has 0 spiro atoms. The number of halogens is 1. The molecule has 0 radical (unpaired) electrons. The number of aromatic nitrogens is 2. The van der Waals surface area contributed by atoms with Gasteiger partial charge in [0.15, 0.2) is 5.69 Å². The van der Waals surface area contributed by atoms with E-state index in [0.717, 1.165) is 25.7 Å². The molecule has 20 heavy (non-hydrogen) atoms. The molecule has 1 aromatic heterocycles. The lowest BCUT2D eigenvalue weighted by Crippen LogP contribution is -2.33. The normalized spacial score (nSPS) is 19.6. The van der Waals surface area contributed by atoms with Crippen LogP contribution in [0.4, 0.5) is 0 Å². The van der Waals surface area contributed by atoms with E-state index >= 15 is 0 Å². The van der Waals surface area contributed by atoms with Crippen LogP contribution in [0.3, 0.4) is 0 Å². The Kier molecular flexibility index (Phi) is 3.50. The van der Waals surface area contributed by atoms with Crippen LogP contribution < -0.4 is 5.32 Å². The first-order valence-electron chi connectivity index (χ1n) is 6.78. The minimum atomic E-state index is -3.98. The van der Waals surface area contributed by atoms with Crippen LogP contribution in [-0.2, 0) is 9.05 Å². The van der Waals surface area contributed by atoms with E-state index in [9.17, 15) is 13.2 Å². The van der Waals surface area contributed by atoms with Crippen molar-refractivity contribution in [3.05, 3.63) is 11.4 Å². The molecule has 0 unspecified atom stereocenters. The quantitative estimate of drug-likeness (QED) is 0.809. The lowest BCUT2D eigenvalue weighted by Gasteiger charge is -2.25.